The van der Waals surface area contributed by atoms with Gasteiger partial charge in [0.2, 0.25) is 0 Å². The molecule has 3 rings (SSSR count). The fraction of sp³-hybridized carbons (Fsp3) is 0.111. The molecule has 0 atom stereocenters. The maximum absolute atomic E-state index is 2.42. The summed E-state index contributed by atoms with van der Waals surface area (Å²) in [4.78, 5) is 0. The first-order chi connectivity index (χ1) is 9.24. The number of halogens is 2. The molecule has 3 aromatic rings. The van der Waals surface area contributed by atoms with E-state index in [-0.39, 0.29) is 59.4 Å². The first kappa shape index (κ1) is 21.6. The Morgan fingerprint density at radius 3 is 2.23 bits per heavy atom. The normalized spacial score (nSPS) is 9.18. The molecule has 0 nitrogen and oxygen atoms in total. The topological polar surface area (TPSA) is 0 Å². The zero-order chi connectivity index (χ0) is 13.2. The molecule has 22 heavy (non-hydrogen) atoms. The predicted octanol–water partition coefficient (Wildman–Crippen LogP) is -1.28. The minimum absolute atomic E-state index is 0. The van der Waals surface area contributed by atoms with Gasteiger partial charge in [0.15, 0.2) is 0 Å². The van der Waals surface area contributed by atoms with E-state index in [9.17, 15) is 0 Å². The van der Waals surface area contributed by atoms with Crippen LogP contribution >= 0.6 is 0 Å². The van der Waals surface area contributed by atoms with E-state index >= 15 is 0 Å². The molecule has 0 aromatic heterocycles. The molecule has 111 valence electrons. The van der Waals surface area contributed by atoms with Gasteiger partial charge in [-0.15, -0.1) is 40.2 Å². The summed E-state index contributed by atoms with van der Waals surface area (Å²) < 4.78 is 0. The minimum Gasteiger partial charge on any atom is -1.00 e. The fourth-order valence-corrected chi connectivity index (χ4v) is 3.38. The Hall–Kier alpha value is -0.400. The minimum atomic E-state index is -0.336. The van der Waals surface area contributed by atoms with Crippen molar-refractivity contribution in [3.05, 3.63) is 66.2 Å². The van der Waals surface area contributed by atoms with Crippen molar-refractivity contribution in [2.24, 2.45) is 0 Å². The first-order valence-corrected chi connectivity index (χ1v) is 9.21. The summed E-state index contributed by atoms with van der Waals surface area (Å²) in [6.45, 7) is 4.64. The number of benzene rings is 2. The molecular weight excluding hydrogens is 406 g/mol. The van der Waals surface area contributed by atoms with Gasteiger partial charge in [0.1, 0.15) is 0 Å². The average Bonchev–Trinajstić information content (AvgIpc) is 2.80. The Morgan fingerprint density at radius 2 is 1.59 bits per heavy atom. The van der Waals surface area contributed by atoms with Crippen LogP contribution in [0.2, 0.25) is 13.1 Å². The zero-order valence-electron chi connectivity index (χ0n) is 12.6. The van der Waals surface area contributed by atoms with E-state index < -0.39 is 0 Å². The van der Waals surface area contributed by atoms with E-state index in [2.05, 4.69) is 79.4 Å². The SMILES string of the molecule is C[Si](C)=Cc1cc2c(-c3ccccc3)cccc2[cH-]1.[Cl-].[Cl-].[Zr+3]. The average molecular weight is 424 g/mol. The van der Waals surface area contributed by atoms with Gasteiger partial charge in [-0.25, -0.2) is 0 Å². The Kier molecular flexibility index (Phi) is 9.50. The second-order valence-corrected chi connectivity index (χ2v) is 7.63. The molecule has 0 fully saturated rings. The van der Waals surface area contributed by atoms with Crippen molar-refractivity contribution in [1.82, 2.24) is 0 Å². The molecule has 3 aromatic carbocycles. The second-order valence-electron chi connectivity index (χ2n) is 5.18. The quantitative estimate of drug-likeness (QED) is 0.356. The molecule has 0 aliphatic carbocycles. The standard InChI is InChI=1S/C18H17Si.2ClH.Zr/c1-19(2)13-14-11-16-9-6-10-17(18(16)12-14)15-7-4-3-5-8-15;;;/h3-13H,1-2H3;2*1H;/q-1;;;+3/p-2. The molecule has 0 saturated heterocycles. The van der Waals surface area contributed by atoms with Gasteiger partial charge in [-0.1, -0.05) is 61.1 Å². The van der Waals surface area contributed by atoms with Crippen molar-refractivity contribution in [1.29, 1.82) is 0 Å². The maximum Gasteiger partial charge on any atom is 3.00 e. The van der Waals surface area contributed by atoms with E-state index in [1.807, 2.05) is 0 Å². The van der Waals surface area contributed by atoms with Crippen molar-refractivity contribution in [3.63, 3.8) is 0 Å². The van der Waals surface area contributed by atoms with Crippen LogP contribution in [0.15, 0.2) is 60.7 Å². The van der Waals surface area contributed by atoms with Crippen LogP contribution in [0, 0.1) is 0 Å². The van der Waals surface area contributed by atoms with Gasteiger partial charge in [0.05, 0.1) is 0 Å². The van der Waals surface area contributed by atoms with Crippen LogP contribution in [0.3, 0.4) is 0 Å². The van der Waals surface area contributed by atoms with Crippen molar-refractivity contribution >= 4 is 24.9 Å². The number of fused-ring (bicyclic) bond motifs is 1. The van der Waals surface area contributed by atoms with Crippen molar-refractivity contribution < 1.29 is 51.0 Å². The monoisotopic (exact) mass is 421 g/mol. The molecule has 4 heteroatoms. The molecule has 1 radical (unpaired) electrons. The Balaban J connectivity index is 0.00000147. The number of rotatable bonds is 2. The summed E-state index contributed by atoms with van der Waals surface area (Å²) in [6.07, 6.45) is 0. The summed E-state index contributed by atoms with van der Waals surface area (Å²) in [5.41, 5.74) is 6.42. The molecule has 0 bridgehead atoms. The second kappa shape index (κ2) is 9.67. The molecular formula is C18H17Cl2SiZr. The van der Waals surface area contributed by atoms with Crippen LogP contribution in [-0.2, 0) is 26.2 Å². The summed E-state index contributed by atoms with van der Waals surface area (Å²) >= 11 is 0. The van der Waals surface area contributed by atoms with Gasteiger partial charge < -0.3 is 24.8 Å². The predicted molar refractivity (Wildman–Crippen MR) is 87.6 cm³/mol. The molecule has 0 aliphatic heterocycles. The molecule has 0 spiro atoms. The molecule has 0 unspecified atom stereocenters. The van der Waals surface area contributed by atoms with Gasteiger partial charge >= 0.3 is 26.2 Å². The number of hydrogen-bond acceptors (Lipinski definition) is 0. The molecule has 0 heterocycles. The van der Waals surface area contributed by atoms with Crippen molar-refractivity contribution in [2.75, 3.05) is 0 Å². The van der Waals surface area contributed by atoms with E-state index in [0.29, 0.717) is 0 Å². The third-order valence-electron chi connectivity index (χ3n) is 3.31. The van der Waals surface area contributed by atoms with Gasteiger partial charge in [0.25, 0.3) is 0 Å². The van der Waals surface area contributed by atoms with Crippen LogP contribution in [0.5, 0.6) is 0 Å². The van der Waals surface area contributed by atoms with Crippen LogP contribution in [0.25, 0.3) is 21.9 Å². The van der Waals surface area contributed by atoms with E-state index in [1.54, 1.807) is 0 Å². The number of hydrogen-bond donors (Lipinski definition) is 0. The van der Waals surface area contributed by atoms with Crippen LogP contribution in [0.4, 0.5) is 0 Å². The van der Waals surface area contributed by atoms with E-state index in [0.717, 1.165) is 0 Å². The van der Waals surface area contributed by atoms with Gasteiger partial charge in [-0.3, -0.25) is 0 Å². The smallest absolute Gasteiger partial charge is 1.00 e. The molecule has 0 N–H and O–H groups in total. The zero-order valence-corrected chi connectivity index (χ0v) is 17.6. The largest absolute Gasteiger partial charge is 3.00 e. The molecule has 0 saturated carbocycles. The van der Waals surface area contributed by atoms with E-state index in [4.69, 9.17) is 0 Å². The van der Waals surface area contributed by atoms with Crippen molar-refractivity contribution in [2.45, 2.75) is 13.1 Å². The van der Waals surface area contributed by atoms with Gasteiger partial charge in [0, 0.05) is 0 Å². The Bertz CT molecular complexity index is 744. The van der Waals surface area contributed by atoms with Gasteiger partial charge in [-0.2, -0.15) is 0 Å². The maximum atomic E-state index is 2.42. The summed E-state index contributed by atoms with van der Waals surface area (Å²) in [6, 6.07) is 21.8. The van der Waals surface area contributed by atoms with Gasteiger partial charge in [-0.05, 0) is 14.0 Å². The third kappa shape index (κ3) is 4.80. The van der Waals surface area contributed by atoms with Crippen LogP contribution in [0.1, 0.15) is 5.56 Å². The first-order valence-electron chi connectivity index (χ1n) is 6.64. The fourth-order valence-electron chi connectivity index (χ4n) is 2.54. The summed E-state index contributed by atoms with van der Waals surface area (Å²) in [5.74, 6) is 0. The van der Waals surface area contributed by atoms with Crippen LogP contribution in [-0.4, -0.2) is 14.1 Å². The summed E-state index contributed by atoms with van der Waals surface area (Å²) in [5, 5.41) is 2.71. The van der Waals surface area contributed by atoms with Crippen LogP contribution < -0.4 is 24.8 Å². The Morgan fingerprint density at radius 1 is 0.909 bits per heavy atom. The Labute approximate surface area is 165 Å². The van der Waals surface area contributed by atoms with E-state index in [1.165, 1.54) is 27.5 Å². The summed E-state index contributed by atoms with van der Waals surface area (Å²) in [7, 11) is -0.336. The third-order valence-corrected chi connectivity index (χ3v) is 4.22. The molecule has 0 aliphatic rings. The molecule has 0 amide bonds. The van der Waals surface area contributed by atoms with Crippen molar-refractivity contribution in [3.8, 4) is 11.1 Å².